The van der Waals surface area contributed by atoms with Gasteiger partial charge in [0, 0.05) is 24.3 Å². The van der Waals surface area contributed by atoms with Gasteiger partial charge in [-0.1, -0.05) is 18.2 Å². The Bertz CT molecular complexity index is 656. The SMILES string of the molecule is CC(NCc1cccc2cnccc12)c1ccco1. The van der Waals surface area contributed by atoms with Gasteiger partial charge in [-0.15, -0.1) is 0 Å². The van der Waals surface area contributed by atoms with Crippen LogP contribution in [0.25, 0.3) is 10.8 Å². The molecule has 0 aliphatic heterocycles. The average molecular weight is 252 g/mol. The van der Waals surface area contributed by atoms with Gasteiger partial charge in [-0.2, -0.15) is 0 Å². The monoisotopic (exact) mass is 252 g/mol. The fourth-order valence-electron chi connectivity index (χ4n) is 2.25. The van der Waals surface area contributed by atoms with Crippen LogP contribution < -0.4 is 5.32 Å². The van der Waals surface area contributed by atoms with E-state index >= 15 is 0 Å². The lowest BCUT2D eigenvalue weighted by molar-refractivity contribution is 0.430. The number of benzene rings is 1. The van der Waals surface area contributed by atoms with Gasteiger partial charge < -0.3 is 9.73 Å². The van der Waals surface area contributed by atoms with Crippen LogP contribution in [0.5, 0.6) is 0 Å². The Morgan fingerprint density at radius 2 is 2.16 bits per heavy atom. The Morgan fingerprint density at radius 3 is 3.00 bits per heavy atom. The molecular formula is C16H16N2O. The quantitative estimate of drug-likeness (QED) is 0.769. The van der Waals surface area contributed by atoms with E-state index in [4.69, 9.17) is 4.42 Å². The van der Waals surface area contributed by atoms with Crippen LogP contribution in [0.4, 0.5) is 0 Å². The van der Waals surface area contributed by atoms with Gasteiger partial charge in [0.2, 0.25) is 0 Å². The Labute approximate surface area is 112 Å². The molecule has 0 amide bonds. The van der Waals surface area contributed by atoms with Crippen molar-refractivity contribution < 1.29 is 4.42 Å². The maximum atomic E-state index is 5.40. The van der Waals surface area contributed by atoms with Crippen LogP contribution in [0.2, 0.25) is 0 Å². The Hall–Kier alpha value is -2.13. The molecule has 3 nitrogen and oxygen atoms in total. The molecule has 0 spiro atoms. The second-order valence-electron chi connectivity index (χ2n) is 4.63. The fourth-order valence-corrected chi connectivity index (χ4v) is 2.25. The van der Waals surface area contributed by atoms with Crippen LogP contribution in [0.1, 0.15) is 24.3 Å². The van der Waals surface area contributed by atoms with Crippen molar-refractivity contribution in [3.63, 3.8) is 0 Å². The van der Waals surface area contributed by atoms with Crippen LogP contribution in [0.15, 0.2) is 59.5 Å². The van der Waals surface area contributed by atoms with Gasteiger partial charge in [-0.05, 0) is 36.1 Å². The van der Waals surface area contributed by atoms with E-state index in [9.17, 15) is 0 Å². The van der Waals surface area contributed by atoms with E-state index in [0.29, 0.717) is 0 Å². The minimum atomic E-state index is 0.201. The van der Waals surface area contributed by atoms with Gasteiger partial charge in [-0.25, -0.2) is 0 Å². The largest absolute Gasteiger partial charge is 0.468 e. The molecule has 0 bridgehead atoms. The molecule has 0 aliphatic carbocycles. The van der Waals surface area contributed by atoms with Crippen molar-refractivity contribution in [3.8, 4) is 0 Å². The molecule has 0 saturated heterocycles. The summed E-state index contributed by atoms with van der Waals surface area (Å²) in [5, 5.41) is 5.90. The third-order valence-electron chi connectivity index (χ3n) is 3.34. The van der Waals surface area contributed by atoms with Crippen molar-refractivity contribution in [2.24, 2.45) is 0 Å². The summed E-state index contributed by atoms with van der Waals surface area (Å²) in [5.41, 5.74) is 1.28. The molecule has 0 radical (unpaired) electrons. The van der Waals surface area contributed by atoms with Gasteiger partial charge in [0.05, 0.1) is 12.3 Å². The van der Waals surface area contributed by atoms with Crippen LogP contribution in [-0.2, 0) is 6.54 Å². The maximum Gasteiger partial charge on any atom is 0.120 e. The summed E-state index contributed by atoms with van der Waals surface area (Å²) in [6.07, 6.45) is 5.44. The first-order valence-corrected chi connectivity index (χ1v) is 6.43. The number of aromatic nitrogens is 1. The molecule has 0 aliphatic rings. The zero-order valence-electron chi connectivity index (χ0n) is 10.8. The number of rotatable bonds is 4. The molecular weight excluding hydrogens is 236 g/mol. The van der Waals surface area contributed by atoms with E-state index in [1.54, 1.807) is 6.26 Å². The van der Waals surface area contributed by atoms with Crippen LogP contribution in [0, 0.1) is 0 Å². The number of nitrogens with one attached hydrogen (secondary N) is 1. The minimum absolute atomic E-state index is 0.201. The standard InChI is InChI=1S/C16H16N2O/c1-12(16-6-3-9-19-16)18-11-14-5-2-4-13-10-17-8-7-15(13)14/h2-10,12,18H,11H2,1H3. The van der Waals surface area contributed by atoms with Crippen molar-refractivity contribution in [3.05, 3.63) is 66.4 Å². The minimum Gasteiger partial charge on any atom is -0.468 e. The molecule has 3 rings (SSSR count). The molecule has 1 N–H and O–H groups in total. The van der Waals surface area contributed by atoms with E-state index in [1.807, 2.05) is 24.5 Å². The average Bonchev–Trinajstić information content (AvgIpc) is 2.99. The third kappa shape index (κ3) is 2.51. The molecule has 3 aromatic rings. The number of fused-ring (bicyclic) bond motifs is 1. The molecule has 3 heteroatoms. The zero-order valence-corrected chi connectivity index (χ0v) is 10.8. The number of hydrogen-bond donors (Lipinski definition) is 1. The zero-order chi connectivity index (χ0) is 13.1. The lowest BCUT2D eigenvalue weighted by Gasteiger charge is -2.12. The Balaban J connectivity index is 1.79. The summed E-state index contributed by atoms with van der Waals surface area (Å²) >= 11 is 0. The van der Waals surface area contributed by atoms with Gasteiger partial charge >= 0.3 is 0 Å². The van der Waals surface area contributed by atoms with Gasteiger partial charge in [0.15, 0.2) is 0 Å². The third-order valence-corrected chi connectivity index (χ3v) is 3.34. The summed E-state index contributed by atoms with van der Waals surface area (Å²) in [5.74, 6) is 0.960. The fraction of sp³-hybridized carbons (Fsp3) is 0.188. The highest BCUT2D eigenvalue weighted by Crippen LogP contribution is 2.19. The topological polar surface area (TPSA) is 38.1 Å². The second kappa shape index (κ2) is 5.24. The molecule has 0 fully saturated rings. The smallest absolute Gasteiger partial charge is 0.120 e. The first-order chi connectivity index (χ1) is 9.34. The second-order valence-corrected chi connectivity index (χ2v) is 4.63. The first-order valence-electron chi connectivity index (χ1n) is 6.43. The molecule has 1 aromatic carbocycles. The van der Waals surface area contributed by atoms with Crippen molar-refractivity contribution >= 4 is 10.8 Å². The van der Waals surface area contributed by atoms with E-state index in [0.717, 1.165) is 12.3 Å². The summed E-state index contributed by atoms with van der Waals surface area (Å²) in [4.78, 5) is 4.15. The van der Waals surface area contributed by atoms with Crippen molar-refractivity contribution in [1.29, 1.82) is 0 Å². The summed E-state index contributed by atoms with van der Waals surface area (Å²) in [7, 11) is 0. The number of pyridine rings is 1. The molecule has 1 atom stereocenters. The predicted octanol–water partition coefficient (Wildman–Crippen LogP) is 3.68. The summed E-state index contributed by atoms with van der Waals surface area (Å²) in [6, 6.07) is 12.5. The number of nitrogens with zero attached hydrogens (tertiary/aromatic N) is 1. The molecule has 2 heterocycles. The lowest BCUT2D eigenvalue weighted by Crippen LogP contribution is -2.17. The lowest BCUT2D eigenvalue weighted by atomic mass is 10.1. The van der Waals surface area contributed by atoms with E-state index < -0.39 is 0 Å². The van der Waals surface area contributed by atoms with Gasteiger partial charge in [0.1, 0.15) is 5.76 Å². The van der Waals surface area contributed by atoms with Gasteiger partial charge in [0.25, 0.3) is 0 Å². The molecule has 96 valence electrons. The summed E-state index contributed by atoms with van der Waals surface area (Å²) in [6.45, 7) is 2.91. The highest BCUT2D eigenvalue weighted by atomic mass is 16.3. The first kappa shape index (κ1) is 11.9. The Kier molecular flexibility index (Phi) is 3.29. The number of hydrogen-bond acceptors (Lipinski definition) is 3. The highest BCUT2D eigenvalue weighted by Gasteiger charge is 2.08. The van der Waals surface area contributed by atoms with E-state index in [-0.39, 0.29) is 6.04 Å². The summed E-state index contributed by atoms with van der Waals surface area (Å²) < 4.78 is 5.40. The molecule has 0 saturated carbocycles. The van der Waals surface area contributed by atoms with Crippen LogP contribution in [0.3, 0.4) is 0 Å². The van der Waals surface area contributed by atoms with E-state index in [1.165, 1.54) is 16.3 Å². The van der Waals surface area contributed by atoms with Crippen LogP contribution >= 0.6 is 0 Å². The molecule has 1 unspecified atom stereocenters. The van der Waals surface area contributed by atoms with Crippen molar-refractivity contribution in [1.82, 2.24) is 10.3 Å². The molecule has 2 aromatic heterocycles. The normalized spacial score (nSPS) is 12.7. The van der Waals surface area contributed by atoms with Gasteiger partial charge in [-0.3, -0.25) is 4.98 Å². The van der Waals surface area contributed by atoms with Crippen molar-refractivity contribution in [2.75, 3.05) is 0 Å². The maximum absolute atomic E-state index is 5.40. The number of furan rings is 1. The van der Waals surface area contributed by atoms with Crippen LogP contribution in [-0.4, -0.2) is 4.98 Å². The van der Waals surface area contributed by atoms with E-state index in [2.05, 4.69) is 41.5 Å². The molecule has 19 heavy (non-hydrogen) atoms. The van der Waals surface area contributed by atoms with Crippen molar-refractivity contribution in [2.45, 2.75) is 19.5 Å². The predicted molar refractivity (Wildman–Crippen MR) is 75.7 cm³/mol. The Morgan fingerprint density at radius 1 is 1.21 bits per heavy atom. The highest BCUT2D eigenvalue weighted by molar-refractivity contribution is 5.84.